The quantitative estimate of drug-likeness (QED) is 0.801. The van der Waals surface area contributed by atoms with Gasteiger partial charge in [0.05, 0.1) is 39.1 Å². The lowest BCUT2D eigenvalue weighted by molar-refractivity contribution is -0.0334. The van der Waals surface area contributed by atoms with E-state index in [-0.39, 0.29) is 5.78 Å². The Morgan fingerprint density at radius 3 is 2.19 bits per heavy atom. The molecular weight excluding hydrogens is 292 g/mol. The lowest BCUT2D eigenvalue weighted by Crippen LogP contribution is -2.16. The lowest BCUT2D eigenvalue weighted by Gasteiger charge is -2.13. The van der Waals surface area contributed by atoms with Gasteiger partial charge in [-0.25, -0.2) is 0 Å². The third-order valence-electron chi connectivity index (χ3n) is 3.05. The summed E-state index contributed by atoms with van der Waals surface area (Å²) < 4.78 is 15.1. The number of benzene rings is 1. The molecule has 1 aromatic rings. The summed E-state index contributed by atoms with van der Waals surface area (Å²) in [7, 11) is 1.53. The van der Waals surface area contributed by atoms with Crippen LogP contribution in [0.3, 0.4) is 0 Å². The van der Waals surface area contributed by atoms with E-state index < -0.39 is 0 Å². The summed E-state index contributed by atoms with van der Waals surface area (Å²) in [5.41, 5.74) is 2.13. The van der Waals surface area contributed by atoms with Gasteiger partial charge in [0.1, 0.15) is 5.75 Å². The summed E-state index contributed by atoms with van der Waals surface area (Å²) in [4.78, 5) is 11.4. The first-order valence-corrected chi connectivity index (χ1v) is 7.06. The maximum atomic E-state index is 11.4. The Balaban J connectivity index is 0.000000304. The molecule has 1 aromatic carbocycles. The molecule has 0 aliphatic carbocycles. The van der Waals surface area contributed by atoms with Gasteiger partial charge < -0.3 is 14.2 Å². The summed E-state index contributed by atoms with van der Waals surface area (Å²) in [5, 5.41) is 0.552. The zero-order chi connectivity index (χ0) is 15.8. The largest absolute Gasteiger partial charge is 0.495 e. The van der Waals surface area contributed by atoms with Crippen molar-refractivity contribution in [1.29, 1.82) is 0 Å². The van der Waals surface area contributed by atoms with Gasteiger partial charge in [-0.3, -0.25) is 4.79 Å². The molecule has 0 N–H and O–H groups in total. The van der Waals surface area contributed by atoms with Gasteiger partial charge in [-0.15, -0.1) is 0 Å². The fourth-order valence-electron chi connectivity index (χ4n) is 1.91. The molecule has 1 saturated heterocycles. The molecule has 116 valence electrons. The van der Waals surface area contributed by atoms with Crippen molar-refractivity contribution in [3.63, 3.8) is 0 Å². The number of ketones is 1. The number of halogens is 1. The summed E-state index contributed by atoms with van der Waals surface area (Å²) in [6, 6.07) is 1.63. The predicted molar refractivity (Wildman–Crippen MR) is 84.5 cm³/mol. The molecule has 21 heavy (non-hydrogen) atoms. The molecule has 1 aliphatic heterocycles. The molecule has 1 aliphatic rings. The third kappa shape index (κ3) is 4.84. The average Bonchev–Trinajstić information content (AvgIpc) is 2.51. The average molecular weight is 313 g/mol. The SMILES string of the molecule is C1COCCO1.C=Cc1c(C)c(Cl)cc(C(C)=O)c1OC. The number of hydrogen-bond donors (Lipinski definition) is 0. The Hall–Kier alpha value is -1.36. The highest BCUT2D eigenvalue weighted by molar-refractivity contribution is 6.32. The number of Topliss-reactive ketones (excluding diaryl/α,β-unsaturated/α-hetero) is 1. The molecule has 0 saturated carbocycles. The maximum Gasteiger partial charge on any atom is 0.163 e. The van der Waals surface area contributed by atoms with Crippen LogP contribution in [-0.4, -0.2) is 39.3 Å². The van der Waals surface area contributed by atoms with Gasteiger partial charge in [-0.05, 0) is 25.5 Å². The van der Waals surface area contributed by atoms with Crippen LogP contribution in [0.2, 0.25) is 5.02 Å². The van der Waals surface area contributed by atoms with E-state index in [2.05, 4.69) is 6.58 Å². The van der Waals surface area contributed by atoms with Crippen molar-refractivity contribution in [3.05, 3.63) is 34.4 Å². The highest BCUT2D eigenvalue weighted by atomic mass is 35.5. The molecule has 0 aromatic heterocycles. The van der Waals surface area contributed by atoms with Crippen molar-refractivity contribution < 1.29 is 19.0 Å². The first kappa shape index (κ1) is 17.7. The minimum Gasteiger partial charge on any atom is -0.495 e. The van der Waals surface area contributed by atoms with Gasteiger partial charge in [0.25, 0.3) is 0 Å². The molecule has 0 unspecified atom stereocenters. The molecule has 5 heteroatoms. The first-order chi connectivity index (χ1) is 10.0. The molecule has 1 fully saturated rings. The smallest absolute Gasteiger partial charge is 0.163 e. The molecule has 0 atom stereocenters. The van der Waals surface area contributed by atoms with Gasteiger partial charge in [-0.2, -0.15) is 0 Å². The number of ether oxygens (including phenoxy) is 3. The topological polar surface area (TPSA) is 44.8 Å². The van der Waals surface area contributed by atoms with Gasteiger partial charge >= 0.3 is 0 Å². The second-order valence-corrected chi connectivity index (χ2v) is 4.87. The summed E-state index contributed by atoms with van der Waals surface area (Å²) in [6.45, 7) is 10.2. The zero-order valence-corrected chi connectivity index (χ0v) is 13.5. The van der Waals surface area contributed by atoms with E-state index in [1.54, 1.807) is 12.1 Å². The summed E-state index contributed by atoms with van der Waals surface area (Å²) >= 11 is 6.02. The highest BCUT2D eigenvalue weighted by Crippen LogP contribution is 2.33. The summed E-state index contributed by atoms with van der Waals surface area (Å²) in [6.07, 6.45) is 1.65. The van der Waals surface area contributed by atoms with Crippen LogP contribution in [0.25, 0.3) is 6.08 Å². The number of carbonyl (C=O) groups is 1. The van der Waals surface area contributed by atoms with Gasteiger partial charge in [-0.1, -0.05) is 24.3 Å². The Labute approximate surface area is 130 Å². The lowest BCUT2D eigenvalue weighted by atomic mass is 10.0. The minimum absolute atomic E-state index is 0.0724. The highest BCUT2D eigenvalue weighted by Gasteiger charge is 2.15. The number of hydrogen-bond acceptors (Lipinski definition) is 4. The van der Waals surface area contributed by atoms with E-state index in [1.165, 1.54) is 14.0 Å². The van der Waals surface area contributed by atoms with Gasteiger partial charge in [0.15, 0.2) is 5.78 Å². The molecule has 1 heterocycles. The standard InChI is InChI=1S/C12H13ClO2.C4H8O2/c1-5-9-7(2)11(13)6-10(8(3)14)12(9)15-4;1-2-6-4-3-5-1/h5-6H,1H2,2-4H3;1-4H2. The van der Waals surface area contributed by atoms with E-state index in [4.69, 9.17) is 25.8 Å². The molecular formula is C16H21ClO4. The van der Waals surface area contributed by atoms with Gasteiger partial charge in [0.2, 0.25) is 0 Å². The van der Waals surface area contributed by atoms with Gasteiger partial charge in [0, 0.05) is 10.6 Å². The van der Waals surface area contributed by atoms with Crippen molar-refractivity contribution in [1.82, 2.24) is 0 Å². The monoisotopic (exact) mass is 312 g/mol. The van der Waals surface area contributed by atoms with E-state index in [0.29, 0.717) is 16.3 Å². The van der Waals surface area contributed by atoms with Crippen molar-refractivity contribution >= 4 is 23.5 Å². The van der Waals surface area contributed by atoms with Crippen molar-refractivity contribution in [2.45, 2.75) is 13.8 Å². The molecule has 0 bridgehead atoms. The Bertz CT molecular complexity index is 496. The minimum atomic E-state index is -0.0724. The van der Waals surface area contributed by atoms with Crippen LogP contribution in [0.4, 0.5) is 0 Å². The number of methoxy groups -OCH3 is 1. The van der Waals surface area contributed by atoms with Crippen molar-refractivity contribution in [3.8, 4) is 5.75 Å². The Morgan fingerprint density at radius 1 is 1.33 bits per heavy atom. The first-order valence-electron chi connectivity index (χ1n) is 6.68. The summed E-state index contributed by atoms with van der Waals surface area (Å²) in [5.74, 6) is 0.469. The molecule has 0 spiro atoms. The zero-order valence-electron chi connectivity index (χ0n) is 12.7. The van der Waals surface area contributed by atoms with E-state index in [0.717, 1.165) is 37.6 Å². The maximum absolute atomic E-state index is 11.4. The number of rotatable bonds is 3. The van der Waals surface area contributed by atoms with Crippen LogP contribution < -0.4 is 4.74 Å². The normalized spacial score (nSPS) is 13.9. The molecule has 0 amide bonds. The van der Waals surface area contributed by atoms with Crippen LogP contribution in [0.1, 0.15) is 28.4 Å². The molecule has 0 radical (unpaired) electrons. The number of carbonyl (C=O) groups excluding carboxylic acids is 1. The Morgan fingerprint density at radius 2 is 1.86 bits per heavy atom. The van der Waals surface area contributed by atoms with Crippen LogP contribution >= 0.6 is 11.6 Å². The van der Waals surface area contributed by atoms with Crippen LogP contribution in [0.15, 0.2) is 12.6 Å². The second-order valence-electron chi connectivity index (χ2n) is 4.46. The second kappa shape index (κ2) is 8.82. The fraction of sp³-hybridized carbons (Fsp3) is 0.438. The molecule has 4 nitrogen and oxygen atoms in total. The van der Waals surface area contributed by atoms with E-state index in [1.807, 2.05) is 6.92 Å². The predicted octanol–water partition coefficient (Wildman–Crippen LogP) is 3.54. The molecule has 2 rings (SSSR count). The van der Waals surface area contributed by atoms with Crippen LogP contribution in [0, 0.1) is 6.92 Å². The van der Waals surface area contributed by atoms with E-state index >= 15 is 0 Å². The van der Waals surface area contributed by atoms with E-state index in [9.17, 15) is 4.79 Å². The third-order valence-corrected chi connectivity index (χ3v) is 3.45. The van der Waals surface area contributed by atoms with Crippen LogP contribution in [-0.2, 0) is 9.47 Å². The fourth-order valence-corrected chi connectivity index (χ4v) is 2.12. The Kier molecular flexibility index (Phi) is 7.43. The van der Waals surface area contributed by atoms with Crippen molar-refractivity contribution in [2.75, 3.05) is 33.5 Å². The van der Waals surface area contributed by atoms with Crippen molar-refractivity contribution in [2.24, 2.45) is 0 Å². The van der Waals surface area contributed by atoms with Crippen LogP contribution in [0.5, 0.6) is 5.75 Å².